The highest BCUT2D eigenvalue weighted by Gasteiger charge is 2.11. The largest absolute Gasteiger partial charge is 0.478 e. The molecule has 2 rings (SSSR count). The van der Waals surface area contributed by atoms with Crippen molar-refractivity contribution in [2.24, 2.45) is 7.05 Å². The molecule has 16 heavy (non-hydrogen) atoms. The summed E-state index contributed by atoms with van der Waals surface area (Å²) in [6, 6.07) is 3.08. The van der Waals surface area contributed by atoms with Crippen LogP contribution in [0.4, 0.5) is 11.6 Å². The first-order valence-electron chi connectivity index (χ1n) is 4.48. The minimum atomic E-state index is -1.06. The predicted octanol–water partition coefficient (Wildman–Crippen LogP) is 0.652. The highest BCUT2D eigenvalue weighted by atomic mass is 16.4. The maximum atomic E-state index is 10.9. The average Bonchev–Trinajstić information content (AvgIpc) is 2.64. The molecule has 2 heterocycles. The molecule has 0 atom stereocenters. The Morgan fingerprint density at radius 2 is 2.31 bits per heavy atom. The van der Waals surface area contributed by atoms with Crippen LogP contribution in [0, 0.1) is 0 Å². The number of aromatic carboxylic acids is 1. The fourth-order valence-electron chi connectivity index (χ4n) is 1.20. The van der Waals surface area contributed by atoms with Crippen LogP contribution in [0.2, 0.25) is 0 Å². The molecule has 0 amide bonds. The second kappa shape index (κ2) is 3.97. The third kappa shape index (κ3) is 1.97. The smallest absolute Gasteiger partial charge is 0.339 e. The molecule has 0 saturated carbocycles. The van der Waals surface area contributed by atoms with Crippen LogP contribution >= 0.6 is 0 Å². The van der Waals surface area contributed by atoms with E-state index < -0.39 is 5.97 Å². The predicted molar refractivity (Wildman–Crippen MR) is 55.5 cm³/mol. The van der Waals surface area contributed by atoms with Crippen LogP contribution in [0.5, 0.6) is 0 Å². The van der Waals surface area contributed by atoms with Crippen molar-refractivity contribution in [3.8, 4) is 0 Å². The van der Waals surface area contributed by atoms with Crippen molar-refractivity contribution in [3.63, 3.8) is 0 Å². The Hall–Kier alpha value is -2.44. The van der Waals surface area contributed by atoms with E-state index in [0.717, 1.165) is 0 Å². The van der Waals surface area contributed by atoms with Gasteiger partial charge in [-0.25, -0.2) is 4.79 Å². The molecular formula is C9H9N5O2. The SMILES string of the molecule is Cn1ccc(Nc2nnccc2C(=O)O)n1. The van der Waals surface area contributed by atoms with Gasteiger partial charge >= 0.3 is 5.97 Å². The van der Waals surface area contributed by atoms with Gasteiger partial charge in [-0.15, -0.1) is 5.10 Å². The molecule has 0 bridgehead atoms. The third-order valence-corrected chi connectivity index (χ3v) is 1.91. The molecule has 82 valence electrons. The van der Waals surface area contributed by atoms with E-state index in [2.05, 4.69) is 20.6 Å². The Balaban J connectivity index is 2.31. The van der Waals surface area contributed by atoms with Crippen LogP contribution in [0.15, 0.2) is 24.5 Å². The lowest BCUT2D eigenvalue weighted by molar-refractivity contribution is 0.0697. The highest BCUT2D eigenvalue weighted by Crippen LogP contribution is 2.15. The minimum Gasteiger partial charge on any atom is -0.478 e. The van der Waals surface area contributed by atoms with Gasteiger partial charge in [0.15, 0.2) is 11.6 Å². The van der Waals surface area contributed by atoms with Gasteiger partial charge in [0, 0.05) is 19.3 Å². The van der Waals surface area contributed by atoms with E-state index in [0.29, 0.717) is 5.82 Å². The first-order chi connectivity index (χ1) is 7.66. The lowest BCUT2D eigenvalue weighted by atomic mass is 10.3. The number of anilines is 2. The van der Waals surface area contributed by atoms with Crippen molar-refractivity contribution in [3.05, 3.63) is 30.1 Å². The molecule has 0 spiro atoms. The number of nitrogens with zero attached hydrogens (tertiary/aromatic N) is 4. The van der Waals surface area contributed by atoms with Crippen LogP contribution in [-0.2, 0) is 7.05 Å². The summed E-state index contributed by atoms with van der Waals surface area (Å²) in [4.78, 5) is 10.9. The molecule has 0 fully saturated rings. The second-order valence-corrected chi connectivity index (χ2v) is 3.10. The van der Waals surface area contributed by atoms with Gasteiger partial charge in [-0.1, -0.05) is 0 Å². The van der Waals surface area contributed by atoms with Crippen molar-refractivity contribution in [1.29, 1.82) is 0 Å². The quantitative estimate of drug-likeness (QED) is 0.787. The number of carboxylic acids is 1. The van der Waals surface area contributed by atoms with E-state index in [1.807, 2.05) is 0 Å². The van der Waals surface area contributed by atoms with E-state index in [1.54, 1.807) is 24.0 Å². The molecule has 7 nitrogen and oxygen atoms in total. The lowest BCUT2D eigenvalue weighted by Crippen LogP contribution is -2.06. The molecule has 0 aliphatic rings. The Morgan fingerprint density at radius 3 is 2.94 bits per heavy atom. The topological polar surface area (TPSA) is 92.9 Å². The normalized spacial score (nSPS) is 10.1. The van der Waals surface area contributed by atoms with Gasteiger partial charge in [0.05, 0.1) is 6.20 Å². The van der Waals surface area contributed by atoms with E-state index in [1.165, 1.54) is 12.3 Å². The van der Waals surface area contributed by atoms with E-state index >= 15 is 0 Å². The second-order valence-electron chi connectivity index (χ2n) is 3.10. The van der Waals surface area contributed by atoms with Gasteiger partial charge < -0.3 is 10.4 Å². The van der Waals surface area contributed by atoms with Crippen molar-refractivity contribution >= 4 is 17.6 Å². The molecule has 0 aliphatic heterocycles. The van der Waals surface area contributed by atoms with Gasteiger partial charge in [0.25, 0.3) is 0 Å². The van der Waals surface area contributed by atoms with Crippen molar-refractivity contribution in [2.45, 2.75) is 0 Å². The number of aromatic nitrogens is 4. The maximum Gasteiger partial charge on any atom is 0.339 e. The van der Waals surface area contributed by atoms with Gasteiger partial charge in [0.2, 0.25) is 0 Å². The Kier molecular flexibility index (Phi) is 2.50. The summed E-state index contributed by atoms with van der Waals surface area (Å²) in [5.74, 6) is -0.368. The lowest BCUT2D eigenvalue weighted by Gasteiger charge is -2.03. The number of carboxylic acid groups (broad SMARTS) is 1. The van der Waals surface area contributed by atoms with Gasteiger partial charge in [0.1, 0.15) is 5.56 Å². The zero-order valence-electron chi connectivity index (χ0n) is 8.45. The molecule has 2 aromatic rings. The molecular weight excluding hydrogens is 210 g/mol. The Morgan fingerprint density at radius 1 is 1.50 bits per heavy atom. The number of nitrogens with one attached hydrogen (secondary N) is 1. The summed E-state index contributed by atoms with van der Waals surface area (Å²) in [6.45, 7) is 0. The zero-order chi connectivity index (χ0) is 11.5. The number of rotatable bonds is 3. The van der Waals surface area contributed by atoms with Crippen LogP contribution in [0.25, 0.3) is 0 Å². The molecule has 7 heteroatoms. The third-order valence-electron chi connectivity index (χ3n) is 1.91. The van der Waals surface area contributed by atoms with Gasteiger partial charge in [-0.3, -0.25) is 4.68 Å². The molecule has 0 saturated heterocycles. The van der Waals surface area contributed by atoms with Crippen molar-refractivity contribution in [1.82, 2.24) is 20.0 Å². The summed E-state index contributed by atoms with van der Waals surface area (Å²) in [7, 11) is 1.76. The molecule has 0 radical (unpaired) electrons. The minimum absolute atomic E-state index is 0.0562. The summed E-state index contributed by atoms with van der Waals surface area (Å²) < 4.78 is 1.60. The molecule has 0 aliphatic carbocycles. The Bertz CT molecular complexity index is 522. The number of hydrogen-bond acceptors (Lipinski definition) is 5. The van der Waals surface area contributed by atoms with Crippen LogP contribution < -0.4 is 5.32 Å². The zero-order valence-corrected chi connectivity index (χ0v) is 8.45. The highest BCUT2D eigenvalue weighted by molar-refractivity contribution is 5.93. The summed E-state index contributed by atoms with van der Waals surface area (Å²) in [6.07, 6.45) is 3.06. The summed E-state index contributed by atoms with van der Waals surface area (Å²) >= 11 is 0. The van der Waals surface area contributed by atoms with Crippen LogP contribution in [0.3, 0.4) is 0 Å². The van der Waals surface area contributed by atoms with Crippen molar-refractivity contribution in [2.75, 3.05) is 5.32 Å². The first kappa shape index (κ1) is 10.1. The first-order valence-corrected chi connectivity index (χ1v) is 4.48. The summed E-state index contributed by atoms with van der Waals surface area (Å²) in [5, 5.41) is 23.1. The van der Waals surface area contributed by atoms with E-state index in [-0.39, 0.29) is 11.4 Å². The van der Waals surface area contributed by atoms with Crippen LogP contribution in [-0.4, -0.2) is 31.1 Å². The number of carbonyl (C=O) groups is 1. The van der Waals surface area contributed by atoms with Gasteiger partial charge in [-0.05, 0) is 6.07 Å². The Labute approximate surface area is 90.7 Å². The van der Waals surface area contributed by atoms with E-state index in [4.69, 9.17) is 5.11 Å². The molecule has 0 unspecified atom stereocenters. The van der Waals surface area contributed by atoms with Crippen LogP contribution in [0.1, 0.15) is 10.4 Å². The number of aryl methyl sites for hydroxylation is 1. The fourth-order valence-corrected chi connectivity index (χ4v) is 1.20. The molecule has 2 N–H and O–H groups in total. The summed E-state index contributed by atoms with van der Waals surface area (Å²) in [5.41, 5.74) is 0.0562. The standard InChI is InChI=1S/C9H9N5O2/c1-14-5-3-7(13-14)11-8-6(9(15)16)2-4-10-12-8/h2-5H,1H3,(H,15,16)(H,11,12,13). The van der Waals surface area contributed by atoms with E-state index in [9.17, 15) is 4.79 Å². The molecule has 0 aromatic carbocycles. The van der Waals surface area contributed by atoms with Gasteiger partial charge in [-0.2, -0.15) is 10.2 Å². The average molecular weight is 219 g/mol. The number of hydrogen-bond donors (Lipinski definition) is 2. The fraction of sp³-hybridized carbons (Fsp3) is 0.111. The van der Waals surface area contributed by atoms with Crippen molar-refractivity contribution < 1.29 is 9.90 Å². The maximum absolute atomic E-state index is 10.9. The molecule has 2 aromatic heterocycles. The monoisotopic (exact) mass is 219 g/mol.